The summed E-state index contributed by atoms with van der Waals surface area (Å²) in [6.07, 6.45) is 1.45. The summed E-state index contributed by atoms with van der Waals surface area (Å²) in [5, 5.41) is 11.2. The van der Waals surface area contributed by atoms with Crippen molar-refractivity contribution in [3.05, 3.63) is 29.3 Å². The molecule has 1 saturated carbocycles. The van der Waals surface area contributed by atoms with Crippen LogP contribution in [-0.4, -0.2) is 78.3 Å². The van der Waals surface area contributed by atoms with Crippen molar-refractivity contribution in [3.8, 4) is 5.75 Å². The molecule has 2 unspecified atom stereocenters. The number of amides is 3. The summed E-state index contributed by atoms with van der Waals surface area (Å²) in [7, 11) is 0. The molecule has 0 bridgehead atoms. The van der Waals surface area contributed by atoms with E-state index in [1.54, 1.807) is 6.07 Å². The zero-order valence-electron chi connectivity index (χ0n) is 19.2. The normalized spacial score (nSPS) is 20.7. The van der Waals surface area contributed by atoms with Gasteiger partial charge in [0.25, 0.3) is 17.7 Å². The van der Waals surface area contributed by atoms with E-state index in [0.29, 0.717) is 12.8 Å². The maximum absolute atomic E-state index is 13.2. The van der Waals surface area contributed by atoms with E-state index in [2.05, 4.69) is 5.32 Å². The Labute approximate surface area is 197 Å². The number of carbonyl (C=O) groups is 5. The van der Waals surface area contributed by atoms with Crippen LogP contribution in [0.5, 0.6) is 5.75 Å². The molecule has 3 amide bonds. The highest BCUT2D eigenvalue weighted by molar-refractivity contribution is 6.24. The molecule has 10 heteroatoms. The molecule has 0 spiro atoms. The van der Waals surface area contributed by atoms with E-state index in [9.17, 15) is 24.0 Å². The standard InChI is InChI=1S/C24H30N2O8/c1-2-15-6-8-19(29)17(7-9-18(15)28)26-23(31)16-4-3-5-20(22(16)24(26)32)34-14-21(30)25-10-12-33-13-11-27/h3-5,15,17,27H,2,6-14H2,1H3,(H,25,30). The maximum atomic E-state index is 13.2. The van der Waals surface area contributed by atoms with Crippen LogP contribution in [0.4, 0.5) is 0 Å². The number of ether oxygens (including phenoxy) is 2. The van der Waals surface area contributed by atoms with Crippen molar-refractivity contribution in [2.45, 2.75) is 45.1 Å². The molecule has 2 atom stereocenters. The third-order valence-electron chi connectivity index (χ3n) is 6.11. The minimum atomic E-state index is -0.996. The van der Waals surface area contributed by atoms with Gasteiger partial charge in [-0.25, -0.2) is 0 Å². The van der Waals surface area contributed by atoms with Gasteiger partial charge in [-0.2, -0.15) is 0 Å². The van der Waals surface area contributed by atoms with Crippen molar-refractivity contribution in [1.29, 1.82) is 0 Å². The summed E-state index contributed by atoms with van der Waals surface area (Å²) in [5.41, 5.74) is 0.118. The highest BCUT2D eigenvalue weighted by atomic mass is 16.5. The maximum Gasteiger partial charge on any atom is 0.266 e. The second-order valence-electron chi connectivity index (χ2n) is 8.26. The van der Waals surface area contributed by atoms with Crippen LogP contribution in [0.2, 0.25) is 0 Å². The molecule has 1 heterocycles. The number of imide groups is 1. The summed E-state index contributed by atoms with van der Waals surface area (Å²) < 4.78 is 10.6. The summed E-state index contributed by atoms with van der Waals surface area (Å²) in [6.45, 7) is 2.04. The number of aliphatic hydroxyl groups is 1. The topological polar surface area (TPSA) is 139 Å². The Balaban J connectivity index is 1.69. The third kappa shape index (κ3) is 5.68. The van der Waals surface area contributed by atoms with E-state index in [1.165, 1.54) is 12.1 Å². The molecule has 2 aliphatic rings. The predicted molar refractivity (Wildman–Crippen MR) is 119 cm³/mol. The predicted octanol–water partition coefficient (Wildman–Crippen LogP) is 0.893. The molecule has 184 valence electrons. The Hall–Kier alpha value is -3.11. The first-order valence-electron chi connectivity index (χ1n) is 11.5. The van der Waals surface area contributed by atoms with Crippen LogP contribution in [0.3, 0.4) is 0 Å². The summed E-state index contributed by atoms with van der Waals surface area (Å²) in [6, 6.07) is 3.51. The monoisotopic (exact) mass is 474 g/mol. The van der Waals surface area contributed by atoms with E-state index in [0.717, 1.165) is 4.90 Å². The Morgan fingerprint density at radius 2 is 1.85 bits per heavy atom. The van der Waals surface area contributed by atoms with Crippen LogP contribution < -0.4 is 10.1 Å². The van der Waals surface area contributed by atoms with Gasteiger partial charge in [-0.15, -0.1) is 0 Å². The SMILES string of the molecule is CCC1CCC(=O)C(N2C(=O)c3cccc(OCC(=O)NCCOCCO)c3C2=O)CCC1=O. The van der Waals surface area contributed by atoms with Crippen LogP contribution in [0.15, 0.2) is 18.2 Å². The van der Waals surface area contributed by atoms with Gasteiger partial charge in [0, 0.05) is 25.3 Å². The van der Waals surface area contributed by atoms with Gasteiger partial charge in [0.2, 0.25) is 0 Å². The number of fused-ring (bicyclic) bond motifs is 1. The molecule has 1 aromatic carbocycles. The number of hydrogen-bond donors (Lipinski definition) is 2. The van der Waals surface area contributed by atoms with Gasteiger partial charge in [0.15, 0.2) is 12.4 Å². The van der Waals surface area contributed by atoms with Crippen molar-refractivity contribution in [1.82, 2.24) is 10.2 Å². The van der Waals surface area contributed by atoms with Gasteiger partial charge < -0.3 is 19.9 Å². The first-order valence-corrected chi connectivity index (χ1v) is 11.5. The molecule has 1 fully saturated rings. The van der Waals surface area contributed by atoms with Crippen LogP contribution in [0.25, 0.3) is 0 Å². The molecule has 3 rings (SSSR count). The molecule has 34 heavy (non-hydrogen) atoms. The Morgan fingerprint density at radius 3 is 2.59 bits per heavy atom. The lowest BCUT2D eigenvalue weighted by atomic mass is 9.85. The Morgan fingerprint density at radius 1 is 1.09 bits per heavy atom. The van der Waals surface area contributed by atoms with Crippen LogP contribution >= 0.6 is 0 Å². The van der Waals surface area contributed by atoms with Crippen LogP contribution in [0, 0.1) is 5.92 Å². The Bertz CT molecular complexity index is 960. The molecule has 1 aromatic rings. The third-order valence-corrected chi connectivity index (χ3v) is 6.11. The molecule has 0 radical (unpaired) electrons. The number of Topliss-reactive ketones (excluding diaryl/α,β-unsaturated/α-hetero) is 2. The fourth-order valence-electron chi connectivity index (χ4n) is 4.29. The van der Waals surface area contributed by atoms with Gasteiger partial charge in [-0.3, -0.25) is 28.9 Å². The molecule has 0 saturated heterocycles. The van der Waals surface area contributed by atoms with Crippen molar-refractivity contribution in [3.63, 3.8) is 0 Å². The largest absolute Gasteiger partial charge is 0.483 e. The average Bonchev–Trinajstić information content (AvgIpc) is 3.08. The number of aliphatic hydroxyl groups excluding tert-OH is 1. The fraction of sp³-hybridized carbons (Fsp3) is 0.542. The number of benzene rings is 1. The van der Waals surface area contributed by atoms with Crippen molar-refractivity contribution in [2.24, 2.45) is 5.92 Å². The lowest BCUT2D eigenvalue weighted by Crippen LogP contribution is -2.46. The van der Waals surface area contributed by atoms with Gasteiger partial charge >= 0.3 is 0 Å². The van der Waals surface area contributed by atoms with Crippen molar-refractivity contribution in [2.75, 3.05) is 33.0 Å². The van der Waals surface area contributed by atoms with E-state index in [1.807, 2.05) is 6.92 Å². The zero-order chi connectivity index (χ0) is 24.7. The zero-order valence-corrected chi connectivity index (χ0v) is 19.2. The molecule has 1 aliphatic carbocycles. The fourth-order valence-corrected chi connectivity index (χ4v) is 4.29. The smallest absolute Gasteiger partial charge is 0.266 e. The van der Waals surface area contributed by atoms with Gasteiger partial charge in [0.05, 0.1) is 37.0 Å². The van der Waals surface area contributed by atoms with Crippen molar-refractivity contribution >= 4 is 29.3 Å². The molecular formula is C24H30N2O8. The second-order valence-corrected chi connectivity index (χ2v) is 8.26. The summed E-state index contributed by atoms with van der Waals surface area (Å²) in [5.74, 6) is -1.98. The van der Waals surface area contributed by atoms with Gasteiger partial charge in [-0.1, -0.05) is 13.0 Å². The highest BCUT2D eigenvalue weighted by Crippen LogP contribution is 2.34. The van der Waals surface area contributed by atoms with Crippen molar-refractivity contribution < 1.29 is 38.6 Å². The highest BCUT2D eigenvalue weighted by Gasteiger charge is 2.45. The molecule has 1 aliphatic heterocycles. The molecule has 2 N–H and O–H groups in total. The van der Waals surface area contributed by atoms with Crippen LogP contribution in [0.1, 0.15) is 59.7 Å². The number of nitrogens with one attached hydrogen (secondary N) is 1. The second kappa shape index (κ2) is 11.8. The molecule has 10 nitrogen and oxygen atoms in total. The number of carbonyl (C=O) groups excluding carboxylic acids is 5. The van der Waals surface area contributed by atoms with E-state index in [4.69, 9.17) is 14.6 Å². The lowest BCUT2D eigenvalue weighted by Gasteiger charge is -2.28. The van der Waals surface area contributed by atoms with E-state index < -0.39 is 23.8 Å². The number of ketones is 2. The average molecular weight is 475 g/mol. The number of rotatable bonds is 10. The Kier molecular flexibility index (Phi) is 8.89. The quantitative estimate of drug-likeness (QED) is 0.377. The van der Waals surface area contributed by atoms with Crippen LogP contribution in [-0.2, 0) is 19.1 Å². The summed E-state index contributed by atoms with van der Waals surface area (Å²) >= 11 is 0. The minimum absolute atomic E-state index is 0.0131. The van der Waals surface area contributed by atoms with E-state index in [-0.39, 0.29) is 86.6 Å². The number of nitrogens with zero attached hydrogens (tertiary/aromatic N) is 1. The first-order chi connectivity index (χ1) is 16.4. The van der Waals surface area contributed by atoms with E-state index >= 15 is 0 Å². The molecule has 0 aromatic heterocycles. The lowest BCUT2D eigenvalue weighted by molar-refractivity contribution is -0.128. The number of hydrogen-bond acceptors (Lipinski definition) is 8. The van der Waals surface area contributed by atoms with Gasteiger partial charge in [0.1, 0.15) is 11.5 Å². The van der Waals surface area contributed by atoms with Gasteiger partial charge in [-0.05, 0) is 31.4 Å². The minimum Gasteiger partial charge on any atom is -0.483 e. The first kappa shape index (κ1) is 25.5. The summed E-state index contributed by atoms with van der Waals surface area (Å²) in [4.78, 5) is 64.5. The molecular weight excluding hydrogens is 444 g/mol.